The Bertz CT molecular complexity index is 840. The van der Waals surface area contributed by atoms with Crippen LogP contribution in [0.2, 0.25) is 0 Å². The van der Waals surface area contributed by atoms with E-state index in [4.69, 9.17) is 4.74 Å². The molecule has 0 radical (unpaired) electrons. The zero-order valence-corrected chi connectivity index (χ0v) is 17.0. The van der Waals surface area contributed by atoms with Crippen LogP contribution in [-0.2, 0) is 21.2 Å². The summed E-state index contributed by atoms with van der Waals surface area (Å²) < 4.78 is 32.4. The van der Waals surface area contributed by atoms with Crippen LogP contribution < -0.4 is 4.74 Å². The first-order valence-corrected chi connectivity index (χ1v) is 11.4. The third kappa shape index (κ3) is 4.88. The van der Waals surface area contributed by atoms with Crippen LogP contribution >= 0.6 is 11.3 Å². The molecule has 0 spiro atoms. The van der Waals surface area contributed by atoms with Crippen LogP contribution in [0.4, 0.5) is 0 Å². The summed E-state index contributed by atoms with van der Waals surface area (Å²) in [7, 11) is -3.45. The Hall–Kier alpha value is -1.90. The maximum Gasteiger partial charge on any atom is 0.260 e. The number of nitrogens with zero attached hydrogens (tertiary/aromatic N) is 2. The van der Waals surface area contributed by atoms with E-state index in [-0.39, 0.29) is 12.5 Å². The number of carbonyl (C=O) groups excluding carboxylic acids is 1. The van der Waals surface area contributed by atoms with Crippen LogP contribution in [0, 0.1) is 0 Å². The number of carbonyl (C=O) groups is 1. The van der Waals surface area contributed by atoms with Gasteiger partial charge in [-0.05, 0) is 35.6 Å². The molecular formula is C19H24N2O4S2. The van der Waals surface area contributed by atoms with E-state index in [1.807, 2.05) is 24.3 Å². The molecule has 0 bridgehead atoms. The van der Waals surface area contributed by atoms with Gasteiger partial charge in [0, 0.05) is 26.2 Å². The fourth-order valence-electron chi connectivity index (χ4n) is 2.99. The van der Waals surface area contributed by atoms with Gasteiger partial charge < -0.3 is 9.64 Å². The Morgan fingerprint density at radius 3 is 2.41 bits per heavy atom. The molecule has 27 heavy (non-hydrogen) atoms. The van der Waals surface area contributed by atoms with Gasteiger partial charge >= 0.3 is 0 Å². The second-order valence-electron chi connectivity index (χ2n) is 6.40. The second kappa shape index (κ2) is 8.86. The predicted octanol–water partition coefficient (Wildman–Crippen LogP) is 2.61. The summed E-state index contributed by atoms with van der Waals surface area (Å²) in [6.07, 6.45) is 2.12. The average molecular weight is 409 g/mol. The lowest BCUT2D eigenvalue weighted by Gasteiger charge is -2.33. The number of rotatable bonds is 7. The van der Waals surface area contributed by atoms with Crippen molar-refractivity contribution in [2.75, 3.05) is 32.8 Å². The Morgan fingerprint density at radius 1 is 1.11 bits per heavy atom. The Labute approximate surface area is 164 Å². The maximum atomic E-state index is 12.5. The summed E-state index contributed by atoms with van der Waals surface area (Å²) in [5, 5.41) is 1.75. The summed E-state index contributed by atoms with van der Waals surface area (Å²) in [5.74, 6) is 0.544. The topological polar surface area (TPSA) is 66.9 Å². The molecular weight excluding hydrogens is 384 g/mol. The van der Waals surface area contributed by atoms with Crippen molar-refractivity contribution in [2.45, 2.75) is 24.0 Å². The van der Waals surface area contributed by atoms with Crippen molar-refractivity contribution in [3.63, 3.8) is 0 Å². The number of benzene rings is 1. The van der Waals surface area contributed by atoms with Crippen molar-refractivity contribution < 1.29 is 17.9 Å². The van der Waals surface area contributed by atoms with Crippen molar-refractivity contribution in [1.29, 1.82) is 0 Å². The van der Waals surface area contributed by atoms with E-state index in [0.717, 1.165) is 12.8 Å². The van der Waals surface area contributed by atoms with Gasteiger partial charge in [-0.2, -0.15) is 4.31 Å². The molecule has 146 valence electrons. The van der Waals surface area contributed by atoms with Crippen LogP contribution in [0.5, 0.6) is 5.75 Å². The maximum absolute atomic E-state index is 12.5. The number of aryl methyl sites for hydroxylation is 1. The second-order valence-corrected chi connectivity index (χ2v) is 9.51. The molecule has 1 saturated heterocycles. The molecule has 0 saturated carbocycles. The van der Waals surface area contributed by atoms with Crippen LogP contribution in [0.3, 0.4) is 0 Å². The van der Waals surface area contributed by atoms with Gasteiger partial charge in [0.2, 0.25) is 0 Å². The highest BCUT2D eigenvalue weighted by Crippen LogP contribution is 2.22. The molecule has 0 unspecified atom stereocenters. The van der Waals surface area contributed by atoms with Crippen molar-refractivity contribution >= 4 is 27.3 Å². The fraction of sp³-hybridized carbons (Fsp3) is 0.421. The molecule has 0 atom stereocenters. The molecule has 6 nitrogen and oxygen atoms in total. The third-order valence-electron chi connectivity index (χ3n) is 4.50. The highest BCUT2D eigenvalue weighted by Gasteiger charge is 2.30. The number of amides is 1. The lowest BCUT2D eigenvalue weighted by atomic mass is 10.1. The van der Waals surface area contributed by atoms with Crippen molar-refractivity contribution in [1.82, 2.24) is 9.21 Å². The van der Waals surface area contributed by atoms with E-state index >= 15 is 0 Å². The minimum atomic E-state index is -3.45. The lowest BCUT2D eigenvalue weighted by Crippen LogP contribution is -2.51. The molecule has 1 fully saturated rings. The molecule has 1 amide bonds. The largest absolute Gasteiger partial charge is 0.484 e. The highest BCUT2D eigenvalue weighted by atomic mass is 32.2. The van der Waals surface area contributed by atoms with Gasteiger partial charge in [-0.1, -0.05) is 31.5 Å². The molecule has 1 aromatic heterocycles. The Kier molecular flexibility index (Phi) is 6.51. The SMILES string of the molecule is CCCc1ccc(OCC(=O)N2CCN(S(=O)(=O)c3cccs3)CC2)cc1. The first-order valence-electron chi connectivity index (χ1n) is 9.04. The highest BCUT2D eigenvalue weighted by molar-refractivity contribution is 7.91. The van der Waals surface area contributed by atoms with Crippen molar-refractivity contribution in [3.8, 4) is 5.75 Å². The van der Waals surface area contributed by atoms with E-state index in [1.165, 1.54) is 21.2 Å². The number of piperazine rings is 1. The normalized spacial score (nSPS) is 15.7. The van der Waals surface area contributed by atoms with Gasteiger partial charge in [-0.25, -0.2) is 8.42 Å². The number of thiophene rings is 1. The van der Waals surface area contributed by atoms with E-state index < -0.39 is 10.0 Å². The first-order chi connectivity index (χ1) is 13.0. The number of ether oxygens (including phenoxy) is 1. The van der Waals surface area contributed by atoms with Crippen LogP contribution in [0.25, 0.3) is 0 Å². The average Bonchev–Trinajstić information content (AvgIpc) is 3.23. The molecule has 1 aromatic carbocycles. The van der Waals surface area contributed by atoms with Crippen molar-refractivity contribution in [3.05, 3.63) is 47.3 Å². The zero-order valence-electron chi connectivity index (χ0n) is 15.3. The van der Waals surface area contributed by atoms with Gasteiger partial charge in [-0.3, -0.25) is 4.79 Å². The Balaban J connectivity index is 1.48. The zero-order chi connectivity index (χ0) is 19.3. The van der Waals surface area contributed by atoms with Crippen LogP contribution in [-0.4, -0.2) is 56.3 Å². The van der Waals surface area contributed by atoms with Crippen LogP contribution in [0.15, 0.2) is 46.0 Å². The van der Waals surface area contributed by atoms with Gasteiger partial charge in [0.05, 0.1) is 0 Å². The number of hydrogen-bond donors (Lipinski definition) is 0. The van der Waals surface area contributed by atoms with E-state index in [1.54, 1.807) is 22.4 Å². The van der Waals surface area contributed by atoms with Gasteiger partial charge in [-0.15, -0.1) is 11.3 Å². The summed E-state index contributed by atoms with van der Waals surface area (Å²) in [6.45, 7) is 3.46. The van der Waals surface area contributed by atoms with Gasteiger partial charge in [0.25, 0.3) is 15.9 Å². The molecule has 8 heteroatoms. The van der Waals surface area contributed by atoms with E-state index in [0.29, 0.717) is 36.1 Å². The molecule has 2 aromatic rings. The molecule has 0 aliphatic carbocycles. The third-order valence-corrected chi connectivity index (χ3v) is 7.78. The standard InChI is InChI=1S/C19H24N2O4S2/c1-2-4-16-6-8-17(9-7-16)25-15-18(22)20-10-12-21(13-11-20)27(23,24)19-5-3-14-26-19/h3,5-9,14H,2,4,10-13,15H2,1H3. The van der Waals surface area contributed by atoms with Crippen LogP contribution in [0.1, 0.15) is 18.9 Å². The van der Waals surface area contributed by atoms with E-state index in [2.05, 4.69) is 6.92 Å². The van der Waals surface area contributed by atoms with Crippen molar-refractivity contribution in [2.24, 2.45) is 0 Å². The number of sulfonamides is 1. The van der Waals surface area contributed by atoms with Gasteiger partial charge in [0.1, 0.15) is 9.96 Å². The molecule has 3 rings (SSSR count). The summed E-state index contributed by atoms with van der Waals surface area (Å²) >= 11 is 1.21. The fourth-order valence-corrected chi connectivity index (χ4v) is 5.56. The minimum Gasteiger partial charge on any atom is -0.484 e. The predicted molar refractivity (Wildman–Crippen MR) is 106 cm³/mol. The summed E-state index contributed by atoms with van der Waals surface area (Å²) in [4.78, 5) is 14.0. The number of hydrogen-bond acceptors (Lipinski definition) is 5. The quantitative estimate of drug-likeness (QED) is 0.706. The lowest BCUT2D eigenvalue weighted by molar-refractivity contribution is -0.134. The summed E-state index contributed by atoms with van der Waals surface area (Å²) in [6, 6.07) is 11.1. The van der Waals surface area contributed by atoms with Gasteiger partial charge in [0.15, 0.2) is 6.61 Å². The smallest absolute Gasteiger partial charge is 0.260 e. The molecule has 0 N–H and O–H groups in total. The van der Waals surface area contributed by atoms with E-state index in [9.17, 15) is 13.2 Å². The first kappa shape index (κ1) is 19.9. The monoisotopic (exact) mass is 408 g/mol. The summed E-state index contributed by atoms with van der Waals surface area (Å²) in [5.41, 5.74) is 1.25. The Morgan fingerprint density at radius 2 is 1.81 bits per heavy atom. The molecule has 1 aliphatic heterocycles. The molecule has 1 aliphatic rings. The minimum absolute atomic E-state index is 0.0369. The molecule has 2 heterocycles.